The molecule has 15 heavy (non-hydrogen) atoms. The first-order chi connectivity index (χ1) is 7.24. The van der Waals surface area contributed by atoms with Gasteiger partial charge in [-0.25, -0.2) is 0 Å². The molecule has 4 heteroatoms. The first-order valence-electron chi connectivity index (χ1n) is 4.63. The molecule has 2 rings (SSSR count). The quantitative estimate of drug-likeness (QED) is 0.878. The third-order valence-electron chi connectivity index (χ3n) is 2.33. The van der Waals surface area contributed by atoms with Gasteiger partial charge in [0.2, 0.25) is 0 Å². The number of hydrogen-bond acceptors (Lipinski definition) is 2. The molecule has 78 valence electrons. The Kier molecular flexibility index (Phi) is 2.88. The summed E-state index contributed by atoms with van der Waals surface area (Å²) in [5, 5.41) is 16.0. The van der Waals surface area contributed by atoms with E-state index in [1.165, 1.54) is 0 Å². The number of H-pyrrole nitrogens is 1. The van der Waals surface area contributed by atoms with E-state index in [9.17, 15) is 0 Å². The molecule has 3 nitrogen and oxygen atoms in total. The van der Waals surface area contributed by atoms with Crippen LogP contribution in [0.25, 0.3) is 11.3 Å². The largest absolute Gasteiger partial charge is 0.390 e. The summed E-state index contributed by atoms with van der Waals surface area (Å²) >= 11 is 3.43. The predicted molar refractivity (Wildman–Crippen MR) is 62.4 cm³/mol. The van der Waals surface area contributed by atoms with Gasteiger partial charge in [0, 0.05) is 5.56 Å². The minimum atomic E-state index is -0.0422. The Morgan fingerprint density at radius 1 is 1.40 bits per heavy atom. The van der Waals surface area contributed by atoms with Crippen molar-refractivity contribution < 1.29 is 5.11 Å². The zero-order valence-electron chi connectivity index (χ0n) is 8.29. The van der Waals surface area contributed by atoms with Gasteiger partial charge >= 0.3 is 0 Å². The van der Waals surface area contributed by atoms with Crippen LogP contribution in [0.2, 0.25) is 0 Å². The second-order valence-corrected chi connectivity index (χ2v) is 4.13. The highest BCUT2D eigenvalue weighted by Crippen LogP contribution is 2.30. The Balaban J connectivity index is 2.55. The maximum atomic E-state index is 9.05. The molecule has 0 fully saturated rings. The van der Waals surface area contributed by atoms with Gasteiger partial charge in [0.1, 0.15) is 5.69 Å². The van der Waals surface area contributed by atoms with Gasteiger partial charge < -0.3 is 5.11 Å². The second-order valence-electron chi connectivity index (χ2n) is 3.34. The molecule has 0 bridgehead atoms. The summed E-state index contributed by atoms with van der Waals surface area (Å²) in [6.07, 6.45) is 0. The summed E-state index contributed by atoms with van der Waals surface area (Å²) in [4.78, 5) is 0. The van der Waals surface area contributed by atoms with Crippen molar-refractivity contribution in [2.24, 2.45) is 0 Å². The Labute approximate surface area is 96.3 Å². The molecule has 0 unspecified atom stereocenters. The molecular formula is C11H11BrN2O. The predicted octanol–water partition coefficient (Wildman–Crippen LogP) is 2.64. The van der Waals surface area contributed by atoms with Crippen molar-refractivity contribution in [2.45, 2.75) is 13.5 Å². The van der Waals surface area contributed by atoms with Crippen molar-refractivity contribution >= 4 is 15.9 Å². The lowest BCUT2D eigenvalue weighted by molar-refractivity contribution is 0.276. The molecule has 0 aliphatic rings. The summed E-state index contributed by atoms with van der Waals surface area (Å²) in [7, 11) is 0. The molecule has 0 radical (unpaired) electrons. The van der Waals surface area contributed by atoms with Crippen LogP contribution in [0.15, 0.2) is 28.7 Å². The first-order valence-corrected chi connectivity index (χ1v) is 5.43. The summed E-state index contributed by atoms with van der Waals surface area (Å²) in [5.74, 6) is 0. The molecule has 0 spiro atoms. The highest BCUT2D eigenvalue weighted by Gasteiger charge is 2.12. The fraction of sp³-hybridized carbons (Fsp3) is 0.182. The van der Waals surface area contributed by atoms with Gasteiger partial charge in [-0.05, 0) is 28.4 Å². The molecule has 1 aromatic heterocycles. The number of benzene rings is 1. The molecule has 2 aromatic rings. The number of rotatable bonds is 2. The van der Waals surface area contributed by atoms with Gasteiger partial charge in [0.05, 0.1) is 16.8 Å². The highest BCUT2D eigenvalue weighted by atomic mass is 79.9. The molecule has 1 heterocycles. The third-order valence-corrected chi connectivity index (χ3v) is 3.19. The van der Waals surface area contributed by atoms with Crippen LogP contribution in [0.5, 0.6) is 0 Å². The fourth-order valence-electron chi connectivity index (χ4n) is 1.49. The number of aliphatic hydroxyl groups excluding tert-OH is 1. The van der Waals surface area contributed by atoms with Gasteiger partial charge in [-0.15, -0.1) is 0 Å². The SMILES string of the molecule is Cc1ccccc1-c1n[nH]c(CO)c1Br. The second kappa shape index (κ2) is 4.16. The fourth-order valence-corrected chi connectivity index (χ4v) is 2.00. The molecular weight excluding hydrogens is 256 g/mol. The molecule has 0 aliphatic carbocycles. The Hall–Kier alpha value is -1.13. The summed E-state index contributed by atoms with van der Waals surface area (Å²) in [6, 6.07) is 8.01. The van der Waals surface area contributed by atoms with E-state index in [1.54, 1.807) is 0 Å². The van der Waals surface area contributed by atoms with E-state index in [0.717, 1.165) is 21.3 Å². The molecule has 0 aliphatic heterocycles. The first kappa shape index (κ1) is 10.4. The van der Waals surface area contributed by atoms with Crippen molar-refractivity contribution in [1.29, 1.82) is 0 Å². The van der Waals surface area contributed by atoms with Crippen LogP contribution < -0.4 is 0 Å². The van der Waals surface area contributed by atoms with Gasteiger partial charge in [0.25, 0.3) is 0 Å². The molecule has 0 saturated heterocycles. The van der Waals surface area contributed by atoms with Gasteiger partial charge in [0.15, 0.2) is 0 Å². The van der Waals surface area contributed by atoms with Crippen LogP contribution in [0.3, 0.4) is 0 Å². The van der Waals surface area contributed by atoms with Crippen molar-refractivity contribution in [3.05, 3.63) is 40.0 Å². The average Bonchev–Trinajstić information content (AvgIpc) is 2.60. The van der Waals surface area contributed by atoms with Gasteiger partial charge in [-0.1, -0.05) is 24.3 Å². The number of halogens is 1. The van der Waals surface area contributed by atoms with Crippen LogP contribution in [0, 0.1) is 6.92 Å². The highest BCUT2D eigenvalue weighted by molar-refractivity contribution is 9.10. The zero-order valence-corrected chi connectivity index (χ0v) is 9.87. The van der Waals surface area contributed by atoms with Crippen LogP contribution >= 0.6 is 15.9 Å². The molecule has 0 saturated carbocycles. The Morgan fingerprint density at radius 3 is 2.73 bits per heavy atom. The maximum absolute atomic E-state index is 9.05. The van der Waals surface area contributed by atoms with Crippen LogP contribution in [-0.2, 0) is 6.61 Å². The number of nitrogens with one attached hydrogen (secondary N) is 1. The van der Waals surface area contributed by atoms with E-state index in [2.05, 4.69) is 26.1 Å². The maximum Gasteiger partial charge on any atom is 0.107 e. The lowest BCUT2D eigenvalue weighted by atomic mass is 10.1. The Bertz CT molecular complexity index is 479. The van der Waals surface area contributed by atoms with E-state index in [4.69, 9.17) is 5.11 Å². The standard InChI is InChI=1S/C11H11BrN2O/c1-7-4-2-3-5-8(7)11-10(12)9(6-15)13-14-11/h2-5,15H,6H2,1H3,(H,13,14). The number of aryl methyl sites for hydroxylation is 1. The smallest absolute Gasteiger partial charge is 0.107 e. The van der Waals surface area contributed by atoms with E-state index in [-0.39, 0.29) is 6.61 Å². The van der Waals surface area contributed by atoms with E-state index < -0.39 is 0 Å². The van der Waals surface area contributed by atoms with Crippen LogP contribution in [-0.4, -0.2) is 15.3 Å². The van der Waals surface area contributed by atoms with Crippen molar-refractivity contribution in [2.75, 3.05) is 0 Å². The number of aromatic amines is 1. The number of aliphatic hydroxyl groups is 1. The summed E-state index contributed by atoms with van der Waals surface area (Å²) < 4.78 is 0.833. The Morgan fingerprint density at radius 2 is 2.13 bits per heavy atom. The van der Waals surface area contributed by atoms with E-state index in [1.807, 2.05) is 31.2 Å². The summed E-state index contributed by atoms with van der Waals surface area (Å²) in [5.41, 5.74) is 3.78. The zero-order chi connectivity index (χ0) is 10.8. The molecule has 2 N–H and O–H groups in total. The lowest BCUT2D eigenvalue weighted by Gasteiger charge is -2.02. The molecule has 1 aromatic carbocycles. The lowest BCUT2D eigenvalue weighted by Crippen LogP contribution is -1.84. The monoisotopic (exact) mass is 266 g/mol. The number of hydrogen-bond donors (Lipinski definition) is 2. The third kappa shape index (κ3) is 1.82. The van der Waals surface area contributed by atoms with E-state index in [0.29, 0.717) is 5.69 Å². The number of aromatic nitrogens is 2. The van der Waals surface area contributed by atoms with Crippen molar-refractivity contribution in [1.82, 2.24) is 10.2 Å². The summed E-state index contributed by atoms with van der Waals surface area (Å²) in [6.45, 7) is 1.99. The molecule has 0 atom stereocenters. The number of nitrogens with zero attached hydrogens (tertiary/aromatic N) is 1. The van der Waals surface area contributed by atoms with Gasteiger partial charge in [-0.2, -0.15) is 5.10 Å². The topological polar surface area (TPSA) is 48.9 Å². The normalized spacial score (nSPS) is 10.6. The van der Waals surface area contributed by atoms with Gasteiger partial charge in [-0.3, -0.25) is 5.10 Å². The van der Waals surface area contributed by atoms with Crippen molar-refractivity contribution in [3.63, 3.8) is 0 Å². The molecule has 0 amide bonds. The van der Waals surface area contributed by atoms with Crippen LogP contribution in [0.1, 0.15) is 11.3 Å². The minimum absolute atomic E-state index is 0.0422. The average molecular weight is 267 g/mol. The van der Waals surface area contributed by atoms with Crippen LogP contribution in [0.4, 0.5) is 0 Å². The van der Waals surface area contributed by atoms with E-state index >= 15 is 0 Å². The minimum Gasteiger partial charge on any atom is -0.390 e. The van der Waals surface area contributed by atoms with Crippen molar-refractivity contribution in [3.8, 4) is 11.3 Å².